The van der Waals surface area contributed by atoms with Gasteiger partial charge >= 0.3 is 0 Å². The minimum atomic E-state index is 0.711. The second-order valence-corrected chi connectivity index (χ2v) is 4.03. The maximum atomic E-state index is 4.11. The Morgan fingerprint density at radius 1 is 1.46 bits per heavy atom. The van der Waals surface area contributed by atoms with Crippen LogP contribution >= 0.6 is 0 Å². The average molecular weight is 182 g/mol. The molecule has 1 fully saturated rings. The van der Waals surface area contributed by atoms with Gasteiger partial charge in [-0.05, 0) is 39.4 Å². The Hall–Kier alpha value is -0.500. The smallest absolute Gasteiger partial charge is 0.0141 e. The third kappa shape index (κ3) is 3.39. The van der Waals surface area contributed by atoms with Gasteiger partial charge in [-0.1, -0.05) is 13.5 Å². The first-order valence-electron chi connectivity index (χ1n) is 5.35. The minimum Gasteiger partial charge on any atom is -0.389 e. The van der Waals surface area contributed by atoms with Gasteiger partial charge in [-0.2, -0.15) is 0 Å². The predicted octanol–water partition coefficient (Wildman–Crippen LogP) is 1.84. The van der Waals surface area contributed by atoms with Crippen molar-refractivity contribution in [1.82, 2.24) is 10.2 Å². The van der Waals surface area contributed by atoms with E-state index in [-0.39, 0.29) is 0 Å². The Morgan fingerprint density at radius 2 is 2.08 bits per heavy atom. The van der Waals surface area contributed by atoms with E-state index >= 15 is 0 Å². The van der Waals surface area contributed by atoms with Crippen LogP contribution in [-0.4, -0.2) is 31.6 Å². The molecule has 13 heavy (non-hydrogen) atoms. The van der Waals surface area contributed by atoms with Crippen LogP contribution in [0.5, 0.6) is 0 Å². The zero-order valence-electron chi connectivity index (χ0n) is 8.97. The molecule has 0 radical (unpaired) electrons. The summed E-state index contributed by atoms with van der Waals surface area (Å²) in [6.45, 7) is 9.81. The Bertz CT molecular complexity index is 157. The molecule has 1 aliphatic rings. The lowest BCUT2D eigenvalue weighted by molar-refractivity contribution is 0.234. The second kappa shape index (κ2) is 5.28. The quantitative estimate of drug-likeness (QED) is 0.713. The molecule has 2 heteroatoms. The fraction of sp³-hybridized carbons (Fsp3) is 0.818. The highest BCUT2D eigenvalue weighted by molar-refractivity contribution is 4.99. The highest BCUT2D eigenvalue weighted by Gasteiger charge is 2.18. The molecule has 76 valence electrons. The molecule has 0 bridgehead atoms. The summed E-state index contributed by atoms with van der Waals surface area (Å²) in [5.74, 6) is 0.711. The van der Waals surface area contributed by atoms with Crippen molar-refractivity contribution in [1.29, 1.82) is 0 Å². The third-order valence-electron chi connectivity index (χ3n) is 2.81. The Labute approximate surface area is 82.0 Å². The Balaban J connectivity index is 2.23. The van der Waals surface area contributed by atoms with Crippen molar-refractivity contribution in [3.05, 3.63) is 12.3 Å². The molecule has 0 aromatic rings. The molecule has 1 saturated heterocycles. The molecule has 2 nitrogen and oxygen atoms in total. The highest BCUT2D eigenvalue weighted by Crippen LogP contribution is 2.20. The number of rotatable bonds is 4. The van der Waals surface area contributed by atoms with E-state index in [0.717, 1.165) is 6.54 Å². The summed E-state index contributed by atoms with van der Waals surface area (Å²) in [7, 11) is 2.19. The van der Waals surface area contributed by atoms with E-state index in [4.69, 9.17) is 0 Å². The largest absolute Gasteiger partial charge is 0.389 e. The summed E-state index contributed by atoms with van der Waals surface area (Å²) in [6, 6.07) is 0. The number of piperidine rings is 1. The van der Waals surface area contributed by atoms with E-state index in [1.165, 1.54) is 38.0 Å². The van der Waals surface area contributed by atoms with Gasteiger partial charge in [0.1, 0.15) is 0 Å². The van der Waals surface area contributed by atoms with Crippen LogP contribution in [0.15, 0.2) is 12.3 Å². The van der Waals surface area contributed by atoms with Crippen LogP contribution in [-0.2, 0) is 0 Å². The van der Waals surface area contributed by atoms with E-state index in [2.05, 4.69) is 30.8 Å². The van der Waals surface area contributed by atoms with Crippen molar-refractivity contribution in [3.8, 4) is 0 Å². The molecule has 0 aliphatic carbocycles. The van der Waals surface area contributed by atoms with Gasteiger partial charge in [0.15, 0.2) is 0 Å². The monoisotopic (exact) mass is 182 g/mol. The van der Waals surface area contributed by atoms with Gasteiger partial charge in [-0.15, -0.1) is 0 Å². The highest BCUT2D eigenvalue weighted by atomic mass is 15.1. The molecule has 0 amide bonds. The first-order valence-corrected chi connectivity index (χ1v) is 5.35. The molecule has 1 aliphatic heterocycles. The third-order valence-corrected chi connectivity index (χ3v) is 2.81. The van der Waals surface area contributed by atoms with E-state index < -0.39 is 0 Å². The number of allylic oxidation sites excluding steroid dienone is 1. The molecule has 1 heterocycles. The van der Waals surface area contributed by atoms with Crippen LogP contribution < -0.4 is 5.32 Å². The predicted molar refractivity (Wildman–Crippen MR) is 57.7 cm³/mol. The number of nitrogens with zero attached hydrogens (tertiary/aromatic N) is 1. The molecular weight excluding hydrogens is 160 g/mol. The average Bonchev–Trinajstić information content (AvgIpc) is 2.15. The molecule has 0 aromatic carbocycles. The first kappa shape index (κ1) is 10.6. The van der Waals surface area contributed by atoms with Crippen molar-refractivity contribution >= 4 is 0 Å². The van der Waals surface area contributed by atoms with Crippen molar-refractivity contribution in [2.45, 2.75) is 26.2 Å². The lowest BCUT2D eigenvalue weighted by Crippen LogP contribution is -2.33. The summed E-state index contributed by atoms with van der Waals surface area (Å²) >= 11 is 0. The standard InChI is InChI=1S/C11H22N2/c1-4-7-12-10(2)11-5-8-13(3)9-6-11/h11-12H,2,4-9H2,1,3H3. The van der Waals surface area contributed by atoms with Crippen molar-refractivity contribution < 1.29 is 0 Å². The van der Waals surface area contributed by atoms with E-state index in [1.54, 1.807) is 0 Å². The normalized spacial score (nSPS) is 20.2. The molecule has 0 atom stereocenters. The molecule has 1 rings (SSSR count). The zero-order valence-corrected chi connectivity index (χ0v) is 8.97. The summed E-state index contributed by atoms with van der Waals surface area (Å²) < 4.78 is 0. The van der Waals surface area contributed by atoms with Crippen LogP contribution in [0, 0.1) is 5.92 Å². The Kier molecular flexibility index (Phi) is 4.29. The van der Waals surface area contributed by atoms with Gasteiger partial charge in [-0.25, -0.2) is 0 Å². The summed E-state index contributed by atoms with van der Waals surface area (Å²) in [5.41, 5.74) is 1.26. The Morgan fingerprint density at radius 3 is 2.62 bits per heavy atom. The van der Waals surface area contributed by atoms with Gasteiger partial charge in [0, 0.05) is 18.2 Å². The van der Waals surface area contributed by atoms with Crippen LogP contribution in [0.1, 0.15) is 26.2 Å². The summed E-state index contributed by atoms with van der Waals surface area (Å²) in [4.78, 5) is 2.39. The zero-order chi connectivity index (χ0) is 9.68. The van der Waals surface area contributed by atoms with Crippen molar-refractivity contribution in [2.75, 3.05) is 26.7 Å². The summed E-state index contributed by atoms with van der Waals surface area (Å²) in [5, 5.41) is 3.40. The topological polar surface area (TPSA) is 15.3 Å². The van der Waals surface area contributed by atoms with Gasteiger partial charge in [0.2, 0.25) is 0 Å². The number of hydrogen-bond acceptors (Lipinski definition) is 2. The number of hydrogen-bond donors (Lipinski definition) is 1. The fourth-order valence-corrected chi connectivity index (χ4v) is 1.79. The van der Waals surface area contributed by atoms with Gasteiger partial charge in [-0.3, -0.25) is 0 Å². The molecule has 1 N–H and O–H groups in total. The maximum absolute atomic E-state index is 4.11. The summed E-state index contributed by atoms with van der Waals surface area (Å²) in [6.07, 6.45) is 3.73. The molecule has 0 aromatic heterocycles. The first-order chi connectivity index (χ1) is 6.24. The lowest BCUT2D eigenvalue weighted by atomic mass is 9.94. The van der Waals surface area contributed by atoms with Crippen molar-refractivity contribution in [3.63, 3.8) is 0 Å². The molecule has 0 saturated carbocycles. The van der Waals surface area contributed by atoms with E-state index in [1.807, 2.05) is 0 Å². The maximum Gasteiger partial charge on any atom is 0.0141 e. The second-order valence-electron chi connectivity index (χ2n) is 4.03. The SMILES string of the molecule is C=C(NCCC)C1CCN(C)CC1. The van der Waals surface area contributed by atoms with E-state index in [9.17, 15) is 0 Å². The molecular formula is C11H22N2. The van der Waals surface area contributed by atoms with Gasteiger partial charge in [0.25, 0.3) is 0 Å². The van der Waals surface area contributed by atoms with Crippen LogP contribution in [0.4, 0.5) is 0 Å². The lowest BCUT2D eigenvalue weighted by Gasteiger charge is -2.30. The van der Waals surface area contributed by atoms with Crippen LogP contribution in [0.3, 0.4) is 0 Å². The van der Waals surface area contributed by atoms with Gasteiger partial charge in [0.05, 0.1) is 0 Å². The molecule has 0 spiro atoms. The number of nitrogens with one attached hydrogen (secondary N) is 1. The van der Waals surface area contributed by atoms with Crippen molar-refractivity contribution in [2.24, 2.45) is 5.92 Å². The minimum absolute atomic E-state index is 0.711. The van der Waals surface area contributed by atoms with Crippen LogP contribution in [0.25, 0.3) is 0 Å². The van der Waals surface area contributed by atoms with Gasteiger partial charge < -0.3 is 10.2 Å². The fourth-order valence-electron chi connectivity index (χ4n) is 1.79. The van der Waals surface area contributed by atoms with Crippen LogP contribution in [0.2, 0.25) is 0 Å². The van der Waals surface area contributed by atoms with E-state index in [0.29, 0.717) is 5.92 Å². The molecule has 0 unspecified atom stereocenters. The number of likely N-dealkylation sites (tertiary alicyclic amines) is 1.